The van der Waals surface area contributed by atoms with Gasteiger partial charge in [-0.05, 0) is 75.9 Å². The number of nitrogens with one attached hydrogen (secondary N) is 2. The van der Waals surface area contributed by atoms with Crippen LogP contribution in [0.4, 0.5) is 5.95 Å². The van der Waals surface area contributed by atoms with E-state index in [1.807, 2.05) is 37.5 Å². The number of para-hydroxylation sites is 2. The number of imidazole rings is 1. The van der Waals surface area contributed by atoms with Crippen LogP contribution in [0.15, 0.2) is 48.8 Å². The zero-order valence-corrected chi connectivity index (χ0v) is 20.6. The number of anilines is 1. The largest absolute Gasteiger partial charge is 0.343 e. The zero-order chi connectivity index (χ0) is 24.2. The van der Waals surface area contributed by atoms with Gasteiger partial charge >= 0.3 is 0 Å². The molecule has 5 rings (SSSR count). The van der Waals surface area contributed by atoms with Gasteiger partial charge in [0.1, 0.15) is 12.8 Å². The lowest BCUT2D eigenvalue weighted by molar-refractivity contribution is 0.0409. The second-order valence-corrected chi connectivity index (χ2v) is 9.65. The number of hydrogen-bond acceptors (Lipinski definition) is 7. The average Bonchev–Trinajstić information content (AvgIpc) is 3.53. The van der Waals surface area contributed by atoms with E-state index in [0.29, 0.717) is 18.0 Å². The number of nitriles is 1. The van der Waals surface area contributed by atoms with Crippen LogP contribution in [-0.4, -0.2) is 57.4 Å². The molecule has 4 heterocycles. The Morgan fingerprint density at radius 3 is 2.83 bits per heavy atom. The number of rotatable bonds is 8. The third-order valence-corrected chi connectivity index (χ3v) is 7.63. The maximum absolute atomic E-state index is 9.03. The van der Waals surface area contributed by atoms with Gasteiger partial charge in [0.05, 0.1) is 23.3 Å². The Hall–Kier alpha value is -2.99. The minimum absolute atomic E-state index is 0.0451. The van der Waals surface area contributed by atoms with E-state index >= 15 is 0 Å². The van der Waals surface area contributed by atoms with Crippen LogP contribution in [0.1, 0.15) is 57.2 Å². The molecule has 0 spiro atoms. The van der Waals surface area contributed by atoms with E-state index in [2.05, 4.69) is 56.3 Å². The van der Waals surface area contributed by atoms with Crippen molar-refractivity contribution in [2.24, 2.45) is 0 Å². The Bertz CT molecular complexity index is 1160. The molecular weight excluding hydrogens is 438 g/mol. The van der Waals surface area contributed by atoms with Gasteiger partial charge in [-0.15, -0.1) is 0 Å². The van der Waals surface area contributed by atoms with Gasteiger partial charge in [-0.25, -0.2) is 4.98 Å². The third kappa shape index (κ3) is 4.90. The molecule has 2 aromatic heterocycles. The van der Waals surface area contributed by atoms with Crippen LogP contribution in [0.3, 0.4) is 0 Å². The van der Waals surface area contributed by atoms with Crippen LogP contribution in [-0.2, 0) is 4.74 Å². The maximum atomic E-state index is 9.03. The number of aromatic nitrogens is 3. The van der Waals surface area contributed by atoms with Crippen LogP contribution in [0.25, 0.3) is 11.0 Å². The van der Waals surface area contributed by atoms with Crippen molar-refractivity contribution in [1.82, 2.24) is 24.8 Å². The molecule has 1 aromatic carbocycles. The molecule has 5 unspecified atom stereocenters. The molecule has 0 aliphatic carbocycles. The van der Waals surface area contributed by atoms with Crippen molar-refractivity contribution in [2.75, 3.05) is 25.0 Å². The predicted molar refractivity (Wildman–Crippen MR) is 137 cm³/mol. The number of pyridine rings is 1. The number of ether oxygens (including phenoxy) is 1. The van der Waals surface area contributed by atoms with Gasteiger partial charge in [-0.1, -0.05) is 12.1 Å². The Kier molecular flexibility index (Phi) is 7.28. The predicted octanol–water partition coefficient (Wildman–Crippen LogP) is 4.25. The fraction of sp³-hybridized carbons (Fsp3) is 0.519. The highest BCUT2D eigenvalue weighted by atomic mass is 16.5. The molecule has 0 radical (unpaired) electrons. The number of piperidine rings is 1. The van der Waals surface area contributed by atoms with Crippen molar-refractivity contribution in [3.63, 3.8) is 0 Å². The fourth-order valence-electron chi connectivity index (χ4n) is 5.92. The Balaban J connectivity index is 1.40. The number of fused-ring (bicyclic) bond motifs is 1. The summed E-state index contributed by atoms with van der Waals surface area (Å²) in [6.07, 6.45) is 8.29. The van der Waals surface area contributed by atoms with Crippen LogP contribution < -0.4 is 10.6 Å². The van der Waals surface area contributed by atoms with Gasteiger partial charge in [-0.3, -0.25) is 14.5 Å². The van der Waals surface area contributed by atoms with Gasteiger partial charge in [0, 0.05) is 36.9 Å². The Morgan fingerprint density at radius 1 is 1.17 bits per heavy atom. The minimum Gasteiger partial charge on any atom is -0.343 e. The zero-order valence-electron chi connectivity index (χ0n) is 20.6. The van der Waals surface area contributed by atoms with Gasteiger partial charge in [0.25, 0.3) is 0 Å². The van der Waals surface area contributed by atoms with Crippen LogP contribution in [0.2, 0.25) is 0 Å². The molecule has 0 saturated carbocycles. The second-order valence-electron chi connectivity index (χ2n) is 9.65. The number of nitrogens with zero attached hydrogens (tertiary/aromatic N) is 5. The molecule has 35 heavy (non-hydrogen) atoms. The highest BCUT2D eigenvalue weighted by molar-refractivity contribution is 5.78. The van der Waals surface area contributed by atoms with Gasteiger partial charge in [0.2, 0.25) is 5.95 Å². The molecule has 2 fully saturated rings. The molecule has 3 aromatic rings. The lowest BCUT2D eigenvalue weighted by Crippen LogP contribution is -2.56. The van der Waals surface area contributed by atoms with Crippen molar-refractivity contribution >= 4 is 17.0 Å². The third-order valence-electron chi connectivity index (χ3n) is 7.63. The number of likely N-dealkylation sites (tertiary alicyclic amines) is 1. The summed E-state index contributed by atoms with van der Waals surface area (Å²) >= 11 is 0. The summed E-state index contributed by atoms with van der Waals surface area (Å²) in [6.45, 7) is 6.47. The summed E-state index contributed by atoms with van der Waals surface area (Å²) in [4.78, 5) is 11.8. The van der Waals surface area contributed by atoms with Crippen molar-refractivity contribution in [1.29, 1.82) is 5.26 Å². The smallest absolute Gasteiger partial charge is 0.207 e. The summed E-state index contributed by atoms with van der Waals surface area (Å²) in [6, 6.07) is 15.3. The highest BCUT2D eigenvalue weighted by Gasteiger charge is 2.38. The van der Waals surface area contributed by atoms with Crippen LogP contribution in [0.5, 0.6) is 0 Å². The summed E-state index contributed by atoms with van der Waals surface area (Å²) < 4.78 is 7.87. The van der Waals surface area contributed by atoms with E-state index in [1.54, 1.807) is 0 Å². The first kappa shape index (κ1) is 23.7. The molecule has 8 heteroatoms. The first-order valence-electron chi connectivity index (χ1n) is 12.8. The summed E-state index contributed by atoms with van der Waals surface area (Å²) in [5, 5.41) is 16.6. The van der Waals surface area contributed by atoms with Gasteiger partial charge < -0.3 is 15.4 Å². The molecule has 2 saturated heterocycles. The normalized spacial score (nSPS) is 24.8. The molecule has 184 valence electrons. The maximum Gasteiger partial charge on any atom is 0.207 e. The number of hydrogen-bond donors (Lipinski definition) is 2. The quantitative estimate of drug-likeness (QED) is 0.505. The minimum atomic E-state index is -0.299. The van der Waals surface area contributed by atoms with Gasteiger partial charge in [-0.2, -0.15) is 5.26 Å². The molecular formula is C27H35N7O. The topological polar surface area (TPSA) is 91.0 Å². The van der Waals surface area contributed by atoms with Crippen LogP contribution >= 0.6 is 0 Å². The Labute approximate surface area is 207 Å². The van der Waals surface area contributed by atoms with Crippen molar-refractivity contribution in [3.05, 3.63) is 54.4 Å². The lowest BCUT2D eigenvalue weighted by atomic mass is 9.87. The fourth-order valence-corrected chi connectivity index (χ4v) is 5.92. The van der Waals surface area contributed by atoms with Crippen molar-refractivity contribution in [2.45, 2.75) is 69.9 Å². The summed E-state index contributed by atoms with van der Waals surface area (Å²) in [7, 11) is 0. The molecule has 0 amide bonds. The molecule has 2 N–H and O–H groups in total. The van der Waals surface area contributed by atoms with E-state index in [9.17, 15) is 0 Å². The van der Waals surface area contributed by atoms with Crippen molar-refractivity contribution < 1.29 is 4.74 Å². The molecule has 2 aliphatic heterocycles. The van der Waals surface area contributed by atoms with E-state index in [0.717, 1.165) is 42.9 Å². The van der Waals surface area contributed by atoms with Gasteiger partial charge in [0.15, 0.2) is 0 Å². The summed E-state index contributed by atoms with van der Waals surface area (Å²) in [5.74, 6) is 1.28. The SMILES string of the molecule is CC(C1NCCC1c1ccncc1)N1CCCCC1Nc1nc2ccccc2n1C(C)OCC#N. The van der Waals surface area contributed by atoms with E-state index < -0.39 is 0 Å². The standard InChI is InChI=1S/C27H35N7O/c1-19(26-22(12-16-30-26)21-10-14-29-15-11-21)33-17-6-5-9-25(33)32-27-31-23-7-3-4-8-24(23)34(27)20(2)35-18-13-28/h3-4,7-8,10-11,14-15,19-20,22,25-26,30H,5-6,9,12,16-18H2,1-2H3,(H,31,32). The van der Waals surface area contributed by atoms with E-state index in [1.165, 1.54) is 18.4 Å². The first-order chi connectivity index (χ1) is 17.2. The van der Waals surface area contributed by atoms with E-state index in [-0.39, 0.29) is 19.0 Å². The Morgan fingerprint density at radius 2 is 2.00 bits per heavy atom. The monoisotopic (exact) mass is 473 g/mol. The lowest BCUT2D eigenvalue weighted by Gasteiger charge is -2.43. The number of benzene rings is 1. The summed E-state index contributed by atoms with van der Waals surface area (Å²) in [5.41, 5.74) is 3.30. The first-order valence-corrected chi connectivity index (χ1v) is 12.8. The average molecular weight is 474 g/mol. The molecule has 0 bridgehead atoms. The second kappa shape index (κ2) is 10.7. The molecule has 2 aliphatic rings. The highest BCUT2D eigenvalue weighted by Crippen LogP contribution is 2.34. The van der Waals surface area contributed by atoms with E-state index in [4.69, 9.17) is 15.0 Å². The molecule has 8 nitrogen and oxygen atoms in total. The van der Waals surface area contributed by atoms with Crippen LogP contribution in [0, 0.1) is 11.3 Å². The molecule has 5 atom stereocenters. The van der Waals surface area contributed by atoms with Crippen molar-refractivity contribution in [3.8, 4) is 6.07 Å².